The number of hydrogen-bond acceptors (Lipinski definition) is 4. The molecule has 0 radical (unpaired) electrons. The Morgan fingerprint density at radius 3 is 2.33 bits per heavy atom. The first-order valence-corrected chi connectivity index (χ1v) is 5.35. The molecule has 1 aromatic carbocycles. The summed E-state index contributed by atoms with van der Waals surface area (Å²) in [6.45, 7) is 0. The molecule has 0 fully saturated rings. The maximum absolute atomic E-state index is 11.4. The van der Waals surface area contributed by atoms with Crippen molar-refractivity contribution in [1.29, 1.82) is 5.53 Å². The lowest BCUT2D eigenvalue weighted by atomic mass is 10.2. The average Bonchev–Trinajstić information content (AvgIpc) is 2.38. The van der Waals surface area contributed by atoms with E-state index in [0.29, 0.717) is 5.56 Å². The van der Waals surface area contributed by atoms with Crippen LogP contribution in [0.4, 0.5) is 0 Å². The third kappa shape index (κ3) is 5.24. The lowest BCUT2D eigenvalue weighted by Crippen LogP contribution is -1.99. The number of hydrogen-bond donors (Lipinski definition) is 1. The third-order valence-electron chi connectivity index (χ3n) is 1.44. The zero-order valence-corrected chi connectivity index (χ0v) is 10.8. The van der Waals surface area contributed by atoms with E-state index in [1.54, 1.807) is 24.3 Å². The van der Waals surface area contributed by atoms with E-state index in [9.17, 15) is 4.79 Å². The van der Waals surface area contributed by atoms with E-state index in [-0.39, 0.29) is 0 Å². The van der Waals surface area contributed by atoms with Gasteiger partial charge in [-0.05, 0) is 62.5 Å². The van der Waals surface area contributed by atoms with E-state index in [1.807, 2.05) is 0 Å². The van der Waals surface area contributed by atoms with E-state index in [2.05, 4.69) is 64.0 Å². The molecule has 18 heavy (non-hydrogen) atoms. The summed E-state index contributed by atoms with van der Waals surface area (Å²) in [4.78, 5) is 15.8. The van der Waals surface area contributed by atoms with Gasteiger partial charge in [-0.1, -0.05) is 0 Å². The molecule has 0 aromatic heterocycles. The number of halogens is 1. The Hall–Kier alpha value is -2.18. The van der Waals surface area contributed by atoms with Gasteiger partial charge in [0.1, 0.15) is 0 Å². The zero-order valence-electron chi connectivity index (χ0n) is 8.63. The summed E-state index contributed by atoms with van der Waals surface area (Å²) in [7, 11) is 0. The van der Waals surface area contributed by atoms with Crippen molar-refractivity contribution < 1.29 is 9.63 Å². The molecule has 0 aliphatic heterocycles. The number of rotatable bonds is 5. The predicted molar refractivity (Wildman–Crippen MR) is 64.3 cm³/mol. The van der Waals surface area contributed by atoms with Gasteiger partial charge < -0.3 is 0 Å². The summed E-state index contributed by atoms with van der Waals surface area (Å²) >= 11 is 2.11. The van der Waals surface area contributed by atoms with Crippen molar-refractivity contribution in [3.63, 3.8) is 0 Å². The number of carbonyl (C=O) groups is 1. The molecule has 0 spiro atoms. The first-order chi connectivity index (χ1) is 8.74. The van der Waals surface area contributed by atoms with Crippen molar-refractivity contribution >= 4 is 28.6 Å². The second-order valence-corrected chi connectivity index (χ2v) is 3.76. The van der Waals surface area contributed by atoms with Crippen molar-refractivity contribution in [3.8, 4) is 0 Å². The molecule has 1 aromatic rings. The Kier molecular flexibility index (Phi) is 6.16. The Labute approximate surface area is 114 Å². The molecule has 0 unspecified atom stereocenters. The van der Waals surface area contributed by atoms with Gasteiger partial charge in [0.2, 0.25) is 0 Å². The smallest absolute Gasteiger partial charge is 0.293 e. The first kappa shape index (κ1) is 13.9. The van der Waals surface area contributed by atoms with Crippen LogP contribution in [0, 0.1) is 9.10 Å². The van der Waals surface area contributed by atoms with Crippen molar-refractivity contribution in [2.45, 2.75) is 0 Å². The number of benzene rings is 1. The van der Waals surface area contributed by atoms with Gasteiger partial charge in [0, 0.05) is 19.2 Å². The topological polar surface area (TPSA) is 137 Å². The van der Waals surface area contributed by atoms with Crippen LogP contribution in [0.15, 0.2) is 60.9 Å². The molecule has 0 amide bonds. The maximum Gasteiger partial charge on any atom is 0.367 e. The second kappa shape index (κ2) is 7.99. The van der Waals surface area contributed by atoms with Crippen LogP contribution in [-0.4, -0.2) is 5.97 Å². The summed E-state index contributed by atoms with van der Waals surface area (Å²) in [5.74, 6) is -0.673. The molecular weight excluding hydrogens is 355 g/mol. The quantitative estimate of drug-likeness (QED) is 0.488. The Morgan fingerprint density at radius 1 is 1.06 bits per heavy atom. The van der Waals surface area contributed by atoms with E-state index >= 15 is 0 Å². The minimum absolute atomic E-state index is 0.332. The van der Waals surface area contributed by atoms with Gasteiger partial charge in [-0.2, -0.15) is 5.53 Å². The Bertz CT molecular complexity index is 497. The highest BCUT2D eigenvalue weighted by atomic mass is 127. The van der Waals surface area contributed by atoms with E-state index < -0.39 is 5.97 Å². The molecule has 92 valence electrons. The predicted octanol–water partition coefficient (Wildman–Crippen LogP) is 3.50. The van der Waals surface area contributed by atoms with Crippen LogP contribution in [0.5, 0.6) is 0 Å². The molecule has 1 rings (SSSR count). The fraction of sp³-hybridized carbons (Fsp3) is 0. The van der Waals surface area contributed by atoms with Gasteiger partial charge >= 0.3 is 5.97 Å². The van der Waals surface area contributed by atoms with Gasteiger partial charge in [0.25, 0.3) is 0 Å². The normalized spacial score (nSPS) is 11.4. The summed E-state index contributed by atoms with van der Waals surface area (Å²) < 4.78 is 0.991. The molecular formula is C7H5IN8O2. The highest BCUT2D eigenvalue weighted by Crippen LogP contribution is 2.08. The fourth-order valence-corrected chi connectivity index (χ4v) is 1.14. The molecule has 11 heteroatoms. The summed E-state index contributed by atoms with van der Waals surface area (Å²) in [6, 6.07) is 6.67. The van der Waals surface area contributed by atoms with Gasteiger partial charge in [0.05, 0.1) is 10.8 Å². The third-order valence-corrected chi connectivity index (χ3v) is 2.16. The van der Waals surface area contributed by atoms with Crippen LogP contribution in [-0.2, 0) is 4.84 Å². The lowest BCUT2D eigenvalue weighted by molar-refractivity contribution is 0.0475. The molecule has 10 nitrogen and oxygen atoms in total. The molecule has 0 heterocycles. The van der Waals surface area contributed by atoms with Crippen molar-refractivity contribution in [2.24, 2.45) is 36.6 Å². The van der Waals surface area contributed by atoms with Crippen molar-refractivity contribution in [2.75, 3.05) is 0 Å². The van der Waals surface area contributed by atoms with E-state index in [0.717, 1.165) is 3.57 Å². The van der Waals surface area contributed by atoms with Crippen LogP contribution < -0.4 is 0 Å². The first-order valence-electron chi connectivity index (χ1n) is 4.27. The minimum atomic E-state index is -0.673. The van der Waals surface area contributed by atoms with Crippen LogP contribution in [0.3, 0.4) is 0 Å². The number of nitrogens with one attached hydrogen (secondary N) is 1. The van der Waals surface area contributed by atoms with Gasteiger partial charge in [-0.15, -0.1) is 0 Å². The van der Waals surface area contributed by atoms with Crippen molar-refractivity contribution in [3.05, 3.63) is 33.4 Å². The van der Waals surface area contributed by atoms with Gasteiger partial charge in [-0.25, -0.2) is 4.79 Å². The summed E-state index contributed by atoms with van der Waals surface area (Å²) in [5.41, 5.74) is 6.56. The molecule has 0 saturated carbocycles. The molecule has 0 aliphatic carbocycles. The summed E-state index contributed by atoms with van der Waals surface area (Å²) in [5, 5.41) is 20.2. The van der Waals surface area contributed by atoms with Crippen molar-refractivity contribution in [1.82, 2.24) is 0 Å². The SMILES string of the molecule is N=NN=NN=NN=NOC(=O)c1ccc(I)cc1. The van der Waals surface area contributed by atoms with E-state index in [4.69, 9.17) is 5.53 Å². The standard InChI is InChI=1S/C7H5IN8O2/c8-6-3-1-5(2-4-6)7(17)18-16-15-14-13-12-11-10-9/h1-4,9H. The van der Waals surface area contributed by atoms with Crippen LogP contribution in [0.25, 0.3) is 0 Å². The Morgan fingerprint density at radius 2 is 1.67 bits per heavy atom. The van der Waals surface area contributed by atoms with Gasteiger partial charge in [0.15, 0.2) is 0 Å². The van der Waals surface area contributed by atoms with Crippen LogP contribution in [0.1, 0.15) is 10.4 Å². The van der Waals surface area contributed by atoms with Crippen LogP contribution >= 0.6 is 22.6 Å². The molecule has 0 bridgehead atoms. The molecule has 0 saturated heterocycles. The monoisotopic (exact) mass is 360 g/mol. The molecule has 0 aliphatic rings. The lowest BCUT2D eigenvalue weighted by Gasteiger charge is -1.95. The molecule has 1 N–H and O–H groups in total. The highest BCUT2D eigenvalue weighted by molar-refractivity contribution is 14.1. The Balaban J connectivity index is 2.44. The summed E-state index contributed by atoms with van der Waals surface area (Å²) in [6.07, 6.45) is 0. The minimum Gasteiger partial charge on any atom is -0.293 e. The maximum atomic E-state index is 11.4. The highest BCUT2D eigenvalue weighted by Gasteiger charge is 2.05. The van der Waals surface area contributed by atoms with Crippen LogP contribution in [0.2, 0.25) is 0 Å². The largest absolute Gasteiger partial charge is 0.367 e. The second-order valence-electron chi connectivity index (χ2n) is 2.51. The fourth-order valence-electron chi connectivity index (χ4n) is 0.784. The number of carbonyl (C=O) groups excluding carboxylic acids is 1. The zero-order chi connectivity index (χ0) is 13.2. The average molecular weight is 360 g/mol. The van der Waals surface area contributed by atoms with Gasteiger partial charge in [-0.3, -0.25) is 4.84 Å². The number of nitrogens with zero attached hydrogens (tertiary/aromatic N) is 7. The molecule has 0 atom stereocenters. The van der Waals surface area contributed by atoms with E-state index in [1.165, 1.54) is 0 Å².